The average Bonchev–Trinajstić information content (AvgIpc) is 3.20. The number of carbonyl (C=O) groups is 3. The second-order valence-electron chi connectivity index (χ2n) is 8.32. The van der Waals surface area contributed by atoms with E-state index >= 15 is 0 Å². The highest BCUT2D eigenvalue weighted by molar-refractivity contribution is 5.89. The summed E-state index contributed by atoms with van der Waals surface area (Å²) in [6.07, 6.45) is 3.45. The van der Waals surface area contributed by atoms with Crippen LogP contribution in [-0.4, -0.2) is 27.9 Å². The molecule has 0 saturated heterocycles. The molecule has 5 nitrogen and oxygen atoms in total. The van der Waals surface area contributed by atoms with Crippen LogP contribution in [0.2, 0.25) is 0 Å². The predicted octanol–water partition coefficient (Wildman–Crippen LogP) is 4.98. The number of carboxylic acids is 2. The Kier molecular flexibility index (Phi) is 7.03. The molecule has 0 heterocycles. The maximum Gasteiger partial charge on any atom is 0.306 e. The van der Waals surface area contributed by atoms with E-state index in [2.05, 4.69) is 0 Å². The van der Waals surface area contributed by atoms with E-state index in [9.17, 15) is 24.6 Å². The Morgan fingerprint density at radius 3 is 2.03 bits per heavy atom. The number of hydrogen-bond acceptors (Lipinski definition) is 3. The largest absolute Gasteiger partial charge is 0.481 e. The zero-order valence-corrected chi connectivity index (χ0v) is 17.0. The van der Waals surface area contributed by atoms with Crippen LogP contribution in [0, 0.1) is 11.3 Å². The molecule has 2 aromatic carbocycles. The van der Waals surface area contributed by atoms with Gasteiger partial charge in [0.05, 0.1) is 12.3 Å². The van der Waals surface area contributed by atoms with E-state index in [4.69, 9.17) is 0 Å². The SMILES string of the molecule is O=C(O)CC1(C(=O)CCC(Cc2ccc(-c3ccccc3)cc2)C(=O)O)CCCC1. The molecular weight excluding hydrogens is 380 g/mol. The van der Waals surface area contributed by atoms with Crippen LogP contribution in [0.4, 0.5) is 0 Å². The van der Waals surface area contributed by atoms with Gasteiger partial charge in [-0.25, -0.2) is 0 Å². The standard InChI is InChI=1S/C25H28O5/c26-22(25(17-23(27)28)14-4-5-15-25)13-12-21(24(29)30)16-18-8-10-20(11-9-18)19-6-2-1-3-7-19/h1-3,6-11,21H,4-5,12-17H2,(H,27,28)(H,29,30). The summed E-state index contributed by atoms with van der Waals surface area (Å²) < 4.78 is 0. The first-order valence-corrected chi connectivity index (χ1v) is 10.5. The fraction of sp³-hybridized carbons (Fsp3) is 0.400. The third kappa shape index (κ3) is 5.35. The van der Waals surface area contributed by atoms with Crippen LogP contribution in [-0.2, 0) is 20.8 Å². The van der Waals surface area contributed by atoms with E-state index in [1.54, 1.807) is 0 Å². The average molecular weight is 408 g/mol. The molecule has 3 rings (SSSR count). The van der Waals surface area contributed by atoms with Gasteiger partial charge in [0.25, 0.3) is 0 Å². The molecule has 1 aliphatic rings. The van der Waals surface area contributed by atoms with Crippen molar-refractivity contribution in [2.45, 2.75) is 51.4 Å². The quantitative estimate of drug-likeness (QED) is 0.578. The summed E-state index contributed by atoms with van der Waals surface area (Å²) in [4.78, 5) is 35.8. The molecule has 0 bridgehead atoms. The van der Waals surface area contributed by atoms with Crippen LogP contribution < -0.4 is 0 Å². The Bertz CT molecular complexity index is 880. The molecular formula is C25H28O5. The monoisotopic (exact) mass is 408 g/mol. The minimum atomic E-state index is -0.960. The van der Waals surface area contributed by atoms with Crippen LogP contribution in [0.15, 0.2) is 54.6 Å². The lowest BCUT2D eigenvalue weighted by atomic mass is 9.76. The van der Waals surface area contributed by atoms with Crippen molar-refractivity contribution >= 4 is 17.7 Å². The molecule has 1 fully saturated rings. The molecule has 30 heavy (non-hydrogen) atoms. The maximum atomic E-state index is 12.8. The summed E-state index contributed by atoms with van der Waals surface area (Å²) in [6, 6.07) is 17.8. The first-order chi connectivity index (χ1) is 14.4. The van der Waals surface area contributed by atoms with E-state index < -0.39 is 23.3 Å². The first-order valence-electron chi connectivity index (χ1n) is 10.5. The van der Waals surface area contributed by atoms with Crippen molar-refractivity contribution in [1.29, 1.82) is 0 Å². The van der Waals surface area contributed by atoms with E-state index in [0.717, 1.165) is 29.5 Å². The Balaban J connectivity index is 1.63. The second-order valence-corrected chi connectivity index (χ2v) is 8.32. The number of aliphatic carboxylic acids is 2. The van der Waals surface area contributed by atoms with E-state index in [1.807, 2.05) is 54.6 Å². The topological polar surface area (TPSA) is 91.7 Å². The zero-order valence-electron chi connectivity index (χ0n) is 17.0. The van der Waals surface area contributed by atoms with Gasteiger partial charge in [-0.2, -0.15) is 0 Å². The van der Waals surface area contributed by atoms with Crippen LogP contribution in [0.1, 0.15) is 50.5 Å². The molecule has 2 N–H and O–H groups in total. The first kappa shape index (κ1) is 21.8. The summed E-state index contributed by atoms with van der Waals surface area (Å²) in [5, 5.41) is 18.9. The van der Waals surface area contributed by atoms with E-state index in [0.29, 0.717) is 19.3 Å². The molecule has 0 radical (unpaired) electrons. The minimum absolute atomic E-state index is 0.0897. The Hall–Kier alpha value is -2.95. The molecule has 0 aromatic heterocycles. The molecule has 1 aliphatic carbocycles. The van der Waals surface area contributed by atoms with Gasteiger partial charge in [0.2, 0.25) is 0 Å². The van der Waals surface area contributed by atoms with Gasteiger partial charge in [-0.1, -0.05) is 67.4 Å². The summed E-state index contributed by atoms with van der Waals surface area (Å²) in [5.74, 6) is -2.64. The number of Topliss-reactive ketones (excluding diaryl/α,β-unsaturated/α-hetero) is 1. The van der Waals surface area contributed by atoms with E-state index in [1.165, 1.54) is 0 Å². The van der Waals surface area contributed by atoms with Gasteiger partial charge in [-0.05, 0) is 42.4 Å². The number of ketones is 1. The number of carboxylic acid groups (broad SMARTS) is 2. The van der Waals surface area contributed by atoms with Crippen LogP contribution in [0.5, 0.6) is 0 Å². The summed E-state index contributed by atoms with van der Waals surface area (Å²) in [5.41, 5.74) is 2.28. The molecule has 1 unspecified atom stereocenters. The maximum absolute atomic E-state index is 12.8. The van der Waals surface area contributed by atoms with Crippen LogP contribution in [0.3, 0.4) is 0 Å². The number of hydrogen-bond donors (Lipinski definition) is 2. The van der Waals surface area contributed by atoms with Crippen molar-refractivity contribution in [3.8, 4) is 11.1 Å². The normalized spacial score (nSPS) is 16.1. The number of carbonyl (C=O) groups excluding carboxylic acids is 1. The lowest BCUT2D eigenvalue weighted by Crippen LogP contribution is -2.31. The van der Waals surface area contributed by atoms with Gasteiger partial charge < -0.3 is 10.2 Å². The fourth-order valence-electron chi connectivity index (χ4n) is 4.53. The zero-order chi connectivity index (χ0) is 21.6. The van der Waals surface area contributed by atoms with Crippen LogP contribution >= 0.6 is 0 Å². The summed E-state index contributed by atoms with van der Waals surface area (Å²) in [6.45, 7) is 0. The van der Waals surface area contributed by atoms with Crippen molar-refractivity contribution in [3.05, 3.63) is 60.2 Å². The number of benzene rings is 2. The summed E-state index contributed by atoms with van der Waals surface area (Å²) in [7, 11) is 0. The minimum Gasteiger partial charge on any atom is -0.481 e. The molecule has 0 aliphatic heterocycles. The fourth-order valence-corrected chi connectivity index (χ4v) is 4.53. The molecule has 1 atom stereocenters. The van der Waals surface area contributed by atoms with Crippen molar-refractivity contribution in [3.63, 3.8) is 0 Å². The second kappa shape index (κ2) is 9.70. The van der Waals surface area contributed by atoms with Gasteiger partial charge in [0, 0.05) is 11.8 Å². The molecule has 2 aromatic rings. The van der Waals surface area contributed by atoms with Crippen molar-refractivity contribution < 1.29 is 24.6 Å². The van der Waals surface area contributed by atoms with Gasteiger partial charge in [-0.3, -0.25) is 14.4 Å². The van der Waals surface area contributed by atoms with Gasteiger partial charge in [0.1, 0.15) is 5.78 Å². The molecule has 158 valence electrons. The smallest absolute Gasteiger partial charge is 0.306 e. The highest BCUT2D eigenvalue weighted by Gasteiger charge is 2.42. The number of rotatable bonds is 10. The lowest BCUT2D eigenvalue weighted by Gasteiger charge is -2.26. The van der Waals surface area contributed by atoms with Crippen molar-refractivity contribution in [2.24, 2.45) is 11.3 Å². The molecule has 0 amide bonds. The third-order valence-corrected chi connectivity index (χ3v) is 6.25. The molecule has 5 heteroatoms. The molecule has 0 spiro atoms. The van der Waals surface area contributed by atoms with Gasteiger partial charge in [0.15, 0.2) is 0 Å². The third-order valence-electron chi connectivity index (χ3n) is 6.25. The molecule has 1 saturated carbocycles. The van der Waals surface area contributed by atoms with Gasteiger partial charge >= 0.3 is 11.9 Å². The highest BCUT2D eigenvalue weighted by Crippen LogP contribution is 2.43. The van der Waals surface area contributed by atoms with Crippen molar-refractivity contribution in [1.82, 2.24) is 0 Å². The lowest BCUT2D eigenvalue weighted by molar-refractivity contribution is -0.146. The van der Waals surface area contributed by atoms with Crippen molar-refractivity contribution in [2.75, 3.05) is 0 Å². The Morgan fingerprint density at radius 1 is 0.867 bits per heavy atom. The van der Waals surface area contributed by atoms with Gasteiger partial charge in [-0.15, -0.1) is 0 Å². The summed E-state index contributed by atoms with van der Waals surface area (Å²) >= 11 is 0. The van der Waals surface area contributed by atoms with E-state index in [-0.39, 0.29) is 25.0 Å². The Labute approximate surface area is 176 Å². The predicted molar refractivity (Wildman–Crippen MR) is 114 cm³/mol. The highest BCUT2D eigenvalue weighted by atomic mass is 16.4. The van der Waals surface area contributed by atoms with Crippen LogP contribution in [0.25, 0.3) is 11.1 Å². The Morgan fingerprint density at radius 2 is 1.47 bits per heavy atom.